The fraction of sp³-hybridized carbons (Fsp3) is 0.400. The predicted molar refractivity (Wildman–Crippen MR) is 133 cm³/mol. The number of para-hydroxylation sites is 1. The Labute approximate surface area is 201 Å². The van der Waals surface area contributed by atoms with Crippen LogP contribution in [0.1, 0.15) is 26.3 Å². The van der Waals surface area contributed by atoms with Gasteiger partial charge in [-0.2, -0.15) is 4.31 Å². The number of nitrogens with one attached hydrogen (secondary N) is 1. The number of carbonyl (C=O) groups is 1. The minimum atomic E-state index is -3.90. The smallest absolute Gasteiger partial charge is 0.321 e. The van der Waals surface area contributed by atoms with Gasteiger partial charge in [0, 0.05) is 31.2 Å². The Kier molecular flexibility index (Phi) is 8.35. The molecule has 0 saturated carbocycles. The molecule has 0 aliphatic carbocycles. The van der Waals surface area contributed by atoms with Crippen LogP contribution in [0.3, 0.4) is 0 Å². The highest BCUT2D eigenvalue weighted by molar-refractivity contribution is 7.89. The summed E-state index contributed by atoms with van der Waals surface area (Å²) in [5.74, 6) is -0.0200. The number of rotatable bonds is 6. The molecule has 0 unspecified atom stereocenters. The van der Waals surface area contributed by atoms with Crippen molar-refractivity contribution in [1.82, 2.24) is 9.21 Å². The standard InChI is InChI=1S/C25H33N3O5S/c1-5-9-20-12-13-24-22(14-20)33-23(18(2)15-28(19(3)17-29)34(24,31)32)16-27(4)25(30)26-21-10-7-6-8-11-21/h5-14,18-19,23,29H,15-17H2,1-4H3,(H,26,30)/b9-5+/t18-,19+,23+/m1/s1. The van der Waals surface area contributed by atoms with E-state index in [9.17, 15) is 18.3 Å². The molecule has 9 heteroatoms. The molecule has 2 amide bonds. The second-order valence-electron chi connectivity index (χ2n) is 8.62. The lowest BCUT2D eigenvalue weighted by atomic mass is 10.0. The molecule has 8 nitrogen and oxygen atoms in total. The SMILES string of the molecule is C/C=C/c1ccc2c(c1)O[C@@H](CN(C)C(=O)Nc1ccccc1)[C@H](C)CN([C@@H](C)CO)S2(=O)=O. The number of ether oxygens (including phenoxy) is 1. The van der Waals surface area contributed by atoms with Crippen LogP contribution in [0.5, 0.6) is 5.75 Å². The molecule has 0 radical (unpaired) electrons. The summed E-state index contributed by atoms with van der Waals surface area (Å²) in [5, 5.41) is 12.6. The summed E-state index contributed by atoms with van der Waals surface area (Å²) in [4.78, 5) is 14.3. The number of anilines is 1. The van der Waals surface area contributed by atoms with E-state index in [1.807, 2.05) is 44.2 Å². The maximum Gasteiger partial charge on any atom is 0.321 e. The molecule has 1 aliphatic heterocycles. The summed E-state index contributed by atoms with van der Waals surface area (Å²) >= 11 is 0. The summed E-state index contributed by atoms with van der Waals surface area (Å²) < 4.78 is 34.6. The largest absolute Gasteiger partial charge is 0.487 e. The van der Waals surface area contributed by atoms with E-state index in [1.165, 1.54) is 15.3 Å². The van der Waals surface area contributed by atoms with Crippen LogP contribution >= 0.6 is 0 Å². The Morgan fingerprint density at radius 1 is 1.29 bits per heavy atom. The summed E-state index contributed by atoms with van der Waals surface area (Å²) in [6.45, 7) is 5.54. The van der Waals surface area contributed by atoms with Crippen LogP contribution in [0.15, 0.2) is 59.5 Å². The van der Waals surface area contributed by atoms with Crippen LogP contribution in [0.25, 0.3) is 6.08 Å². The number of sulfonamides is 1. The Bertz CT molecular complexity index is 1120. The van der Waals surface area contributed by atoms with Gasteiger partial charge >= 0.3 is 6.03 Å². The van der Waals surface area contributed by atoms with Crippen molar-refractivity contribution < 1.29 is 23.1 Å². The van der Waals surface area contributed by atoms with E-state index in [2.05, 4.69) is 5.32 Å². The lowest BCUT2D eigenvalue weighted by Crippen LogP contribution is -2.50. The van der Waals surface area contributed by atoms with Crippen LogP contribution in [0, 0.1) is 5.92 Å². The second-order valence-corrected chi connectivity index (χ2v) is 10.5. The summed E-state index contributed by atoms with van der Waals surface area (Å²) in [6, 6.07) is 13.2. The van der Waals surface area contributed by atoms with Gasteiger partial charge in [-0.25, -0.2) is 13.2 Å². The zero-order valence-corrected chi connectivity index (χ0v) is 20.8. The Morgan fingerprint density at radius 3 is 2.65 bits per heavy atom. The molecular formula is C25H33N3O5S. The van der Waals surface area contributed by atoms with Gasteiger partial charge in [0.25, 0.3) is 0 Å². The third kappa shape index (κ3) is 5.78. The van der Waals surface area contributed by atoms with Crippen molar-refractivity contribution in [3.05, 3.63) is 60.2 Å². The van der Waals surface area contributed by atoms with Crippen molar-refractivity contribution in [3.8, 4) is 5.75 Å². The number of carbonyl (C=O) groups excluding carboxylic acids is 1. The minimum Gasteiger partial charge on any atom is -0.487 e. The Balaban J connectivity index is 1.94. The molecule has 184 valence electrons. The maximum atomic E-state index is 13.5. The molecule has 0 spiro atoms. The average molecular weight is 488 g/mol. The number of hydrogen-bond acceptors (Lipinski definition) is 5. The molecule has 1 heterocycles. The van der Waals surface area contributed by atoms with Crippen molar-refractivity contribution >= 4 is 27.8 Å². The maximum absolute atomic E-state index is 13.5. The number of benzene rings is 2. The van der Waals surface area contributed by atoms with Gasteiger partial charge in [-0.15, -0.1) is 0 Å². The number of amides is 2. The zero-order chi connectivity index (χ0) is 24.9. The number of allylic oxidation sites excluding steroid dienone is 1. The zero-order valence-electron chi connectivity index (χ0n) is 20.0. The molecule has 2 aromatic carbocycles. The van der Waals surface area contributed by atoms with Crippen molar-refractivity contribution in [1.29, 1.82) is 0 Å². The van der Waals surface area contributed by atoms with E-state index >= 15 is 0 Å². The fourth-order valence-corrected chi connectivity index (χ4v) is 5.68. The fourth-order valence-electron chi connectivity index (χ4n) is 3.85. The molecule has 3 atom stereocenters. The van der Waals surface area contributed by atoms with E-state index in [0.29, 0.717) is 5.69 Å². The normalized spacial score (nSPS) is 21.1. The molecule has 3 rings (SSSR count). The number of urea groups is 1. The monoisotopic (exact) mass is 487 g/mol. The number of hydrogen-bond donors (Lipinski definition) is 2. The summed E-state index contributed by atoms with van der Waals surface area (Å²) in [5.41, 5.74) is 1.49. The first-order chi connectivity index (χ1) is 16.2. The highest BCUT2D eigenvalue weighted by Gasteiger charge is 2.38. The van der Waals surface area contributed by atoms with Crippen LogP contribution in [0.2, 0.25) is 0 Å². The number of fused-ring (bicyclic) bond motifs is 1. The number of aliphatic hydroxyl groups is 1. The first-order valence-electron chi connectivity index (χ1n) is 11.3. The Hall–Kier alpha value is -2.88. The van der Waals surface area contributed by atoms with Gasteiger partial charge in [0.1, 0.15) is 16.7 Å². The number of likely N-dealkylation sites (N-methyl/N-ethyl adjacent to an activating group) is 1. The third-order valence-electron chi connectivity index (χ3n) is 5.88. The quantitative estimate of drug-likeness (QED) is 0.648. The van der Waals surface area contributed by atoms with Crippen LogP contribution < -0.4 is 10.1 Å². The van der Waals surface area contributed by atoms with Gasteiger partial charge in [-0.1, -0.05) is 43.3 Å². The van der Waals surface area contributed by atoms with E-state index in [0.717, 1.165) is 5.56 Å². The Morgan fingerprint density at radius 2 is 2.00 bits per heavy atom. The number of nitrogens with zero attached hydrogens (tertiary/aromatic N) is 2. The third-order valence-corrected chi connectivity index (χ3v) is 7.90. The molecule has 2 N–H and O–H groups in total. The van der Waals surface area contributed by atoms with Crippen molar-refractivity contribution in [2.45, 2.75) is 37.8 Å². The van der Waals surface area contributed by atoms with E-state index in [4.69, 9.17) is 4.74 Å². The number of aliphatic hydroxyl groups excluding tert-OH is 1. The minimum absolute atomic E-state index is 0.0503. The van der Waals surface area contributed by atoms with Gasteiger partial charge in [0.2, 0.25) is 10.0 Å². The van der Waals surface area contributed by atoms with Crippen molar-refractivity contribution in [2.75, 3.05) is 32.1 Å². The van der Waals surface area contributed by atoms with Gasteiger partial charge in [0.15, 0.2) is 0 Å². The van der Waals surface area contributed by atoms with Crippen LogP contribution in [-0.2, 0) is 10.0 Å². The summed E-state index contributed by atoms with van der Waals surface area (Å²) in [7, 11) is -2.22. The second kappa shape index (κ2) is 11.0. The van der Waals surface area contributed by atoms with E-state index in [-0.39, 0.29) is 42.3 Å². The van der Waals surface area contributed by atoms with Crippen molar-refractivity contribution in [3.63, 3.8) is 0 Å². The molecule has 0 bridgehead atoms. The highest BCUT2D eigenvalue weighted by atomic mass is 32.2. The van der Waals surface area contributed by atoms with E-state index in [1.54, 1.807) is 38.2 Å². The average Bonchev–Trinajstić information content (AvgIpc) is 2.81. The summed E-state index contributed by atoms with van der Waals surface area (Å²) in [6.07, 6.45) is 3.25. The topological polar surface area (TPSA) is 99.2 Å². The van der Waals surface area contributed by atoms with Gasteiger partial charge in [0.05, 0.1) is 13.2 Å². The van der Waals surface area contributed by atoms with E-state index < -0.39 is 22.2 Å². The highest BCUT2D eigenvalue weighted by Crippen LogP contribution is 2.34. The molecule has 34 heavy (non-hydrogen) atoms. The molecule has 1 aliphatic rings. The molecular weight excluding hydrogens is 454 g/mol. The van der Waals surface area contributed by atoms with Gasteiger partial charge in [-0.3, -0.25) is 0 Å². The molecule has 0 fully saturated rings. The first kappa shape index (κ1) is 25.7. The molecule has 0 aromatic heterocycles. The van der Waals surface area contributed by atoms with Crippen LogP contribution in [0.4, 0.5) is 10.5 Å². The molecule has 2 aromatic rings. The lowest BCUT2D eigenvalue weighted by Gasteiger charge is -2.37. The van der Waals surface area contributed by atoms with Gasteiger partial charge < -0.3 is 20.1 Å². The predicted octanol–water partition coefficient (Wildman–Crippen LogP) is 3.65. The first-order valence-corrected chi connectivity index (χ1v) is 12.7. The van der Waals surface area contributed by atoms with Gasteiger partial charge in [-0.05, 0) is 43.7 Å². The van der Waals surface area contributed by atoms with Crippen molar-refractivity contribution in [2.24, 2.45) is 5.92 Å². The lowest BCUT2D eigenvalue weighted by molar-refractivity contribution is 0.0830. The van der Waals surface area contributed by atoms with Crippen LogP contribution in [-0.4, -0.2) is 67.7 Å². The molecule has 0 saturated heterocycles.